The average Bonchev–Trinajstić information content (AvgIpc) is 3.64. The van der Waals surface area contributed by atoms with Crippen LogP contribution >= 0.6 is 22.7 Å². The molecule has 0 saturated heterocycles. The van der Waals surface area contributed by atoms with Crippen LogP contribution in [-0.2, 0) is 14.3 Å². The number of aromatic nitrogens is 1. The molecule has 0 saturated carbocycles. The Morgan fingerprint density at radius 1 is 1.13 bits per heavy atom. The minimum atomic E-state index is -0.686. The highest BCUT2D eigenvalue weighted by atomic mass is 32.1. The van der Waals surface area contributed by atoms with Gasteiger partial charge in [0, 0.05) is 17.0 Å². The van der Waals surface area contributed by atoms with Crippen LogP contribution in [0.15, 0.2) is 75.5 Å². The Hall–Kier alpha value is -3.56. The number of thiophene rings is 1. The summed E-state index contributed by atoms with van der Waals surface area (Å²) >= 11 is 2.65. The number of carbonyl (C=O) groups excluding carboxylic acids is 2. The number of carbonyl (C=O) groups is 2. The van der Waals surface area contributed by atoms with Crippen molar-refractivity contribution in [1.82, 2.24) is 4.57 Å². The first-order valence-electron chi connectivity index (χ1n) is 13.3. The molecule has 0 radical (unpaired) electrons. The number of nitrogens with zero attached hydrogens (tertiary/aromatic N) is 3. The molecule has 2 aliphatic rings. The lowest BCUT2D eigenvalue weighted by Crippen LogP contribution is -2.40. The Bertz CT molecular complexity index is 1630. The standard InChI is InChI=1S/C30H31N3O4S2/c1-4-6-7-8-11-16-32-21-14-10-9-13-20(21)24(27(32)34)26-28(35)33-25(22-15-12-18-38-22)23(29(36)37-17-5-2)19(3)31-30(33)39-26/h5,9-10,12-15,18,25H,2,4,6-8,11,16-17H2,1,3H3. The number of rotatable bonds is 10. The van der Waals surface area contributed by atoms with Crippen molar-refractivity contribution < 1.29 is 14.3 Å². The van der Waals surface area contributed by atoms with Crippen molar-refractivity contribution in [2.45, 2.75) is 52.0 Å². The molecule has 2 aromatic heterocycles. The summed E-state index contributed by atoms with van der Waals surface area (Å²) in [5.41, 5.74) is 2.47. The first-order valence-corrected chi connectivity index (χ1v) is 14.9. The molecule has 202 valence electrons. The molecule has 0 fully saturated rings. The van der Waals surface area contributed by atoms with Gasteiger partial charge in [-0.25, -0.2) is 9.79 Å². The molecule has 5 rings (SSSR count). The molecular weight excluding hydrogens is 530 g/mol. The fourth-order valence-electron chi connectivity index (χ4n) is 5.16. The van der Waals surface area contributed by atoms with E-state index in [2.05, 4.69) is 18.5 Å². The molecule has 0 bridgehead atoms. The molecule has 1 unspecified atom stereocenters. The Balaban J connectivity index is 1.64. The van der Waals surface area contributed by atoms with Crippen LogP contribution in [0, 0.1) is 0 Å². The van der Waals surface area contributed by atoms with E-state index in [1.807, 2.05) is 41.8 Å². The Morgan fingerprint density at radius 2 is 1.92 bits per heavy atom. The van der Waals surface area contributed by atoms with Crippen molar-refractivity contribution in [3.05, 3.63) is 95.8 Å². The molecule has 1 aromatic carbocycles. The number of fused-ring (bicyclic) bond motifs is 2. The summed E-state index contributed by atoms with van der Waals surface area (Å²) in [6.45, 7) is 8.22. The fourth-order valence-corrected chi connectivity index (χ4v) is 7.12. The molecule has 1 amide bonds. The maximum Gasteiger partial charge on any atom is 0.338 e. The van der Waals surface area contributed by atoms with Crippen molar-refractivity contribution in [3.63, 3.8) is 0 Å². The zero-order valence-electron chi connectivity index (χ0n) is 22.1. The monoisotopic (exact) mass is 561 g/mol. The normalized spacial score (nSPS) is 17.6. The van der Waals surface area contributed by atoms with Crippen LogP contribution in [0.1, 0.15) is 62.4 Å². The van der Waals surface area contributed by atoms with Crippen LogP contribution in [0.4, 0.5) is 5.69 Å². The number of esters is 1. The van der Waals surface area contributed by atoms with Gasteiger partial charge >= 0.3 is 5.97 Å². The zero-order valence-corrected chi connectivity index (χ0v) is 23.8. The highest BCUT2D eigenvalue weighted by Gasteiger charge is 2.37. The van der Waals surface area contributed by atoms with E-state index in [0.717, 1.165) is 41.8 Å². The maximum absolute atomic E-state index is 14.1. The molecule has 3 aromatic rings. The van der Waals surface area contributed by atoms with Crippen LogP contribution in [-0.4, -0.2) is 29.6 Å². The van der Waals surface area contributed by atoms with E-state index >= 15 is 0 Å². The number of allylic oxidation sites excluding steroid dienone is 1. The van der Waals surface area contributed by atoms with Crippen molar-refractivity contribution in [1.29, 1.82) is 0 Å². The third-order valence-electron chi connectivity index (χ3n) is 7.00. The summed E-state index contributed by atoms with van der Waals surface area (Å²) < 4.78 is 7.27. The number of ether oxygens (including phenoxy) is 1. The van der Waals surface area contributed by atoms with Crippen molar-refractivity contribution in [2.75, 3.05) is 18.1 Å². The van der Waals surface area contributed by atoms with Crippen molar-refractivity contribution in [2.24, 2.45) is 4.99 Å². The number of hydrogen-bond donors (Lipinski definition) is 0. The third kappa shape index (κ3) is 4.96. The second kappa shape index (κ2) is 11.7. The number of anilines is 1. The first kappa shape index (κ1) is 27.0. The number of thiazole rings is 1. The van der Waals surface area contributed by atoms with Crippen LogP contribution in [0.2, 0.25) is 0 Å². The molecule has 4 heterocycles. The molecular formula is C30H31N3O4S2. The molecule has 0 N–H and O–H groups in total. The lowest BCUT2D eigenvalue weighted by atomic mass is 10.0. The van der Waals surface area contributed by atoms with Gasteiger partial charge in [0.05, 0.1) is 22.5 Å². The van der Waals surface area contributed by atoms with Crippen molar-refractivity contribution >= 4 is 45.8 Å². The van der Waals surface area contributed by atoms with Crippen LogP contribution < -0.4 is 19.8 Å². The number of benzene rings is 1. The minimum Gasteiger partial charge on any atom is -0.458 e. The van der Waals surface area contributed by atoms with Gasteiger partial charge in [0.25, 0.3) is 11.5 Å². The van der Waals surface area contributed by atoms with Gasteiger partial charge in [0.2, 0.25) is 0 Å². The summed E-state index contributed by atoms with van der Waals surface area (Å²) in [7, 11) is 0. The number of para-hydroxylation sites is 1. The van der Waals surface area contributed by atoms with Crippen LogP contribution in [0.3, 0.4) is 0 Å². The van der Waals surface area contributed by atoms with Gasteiger partial charge in [-0.3, -0.25) is 14.2 Å². The Labute approximate surface area is 235 Å². The lowest BCUT2D eigenvalue weighted by molar-refractivity contribution is -0.138. The van der Waals surface area contributed by atoms with E-state index < -0.39 is 12.0 Å². The first-order chi connectivity index (χ1) is 19.0. The molecule has 0 aliphatic carbocycles. The maximum atomic E-state index is 14.1. The number of hydrogen-bond acceptors (Lipinski definition) is 7. The summed E-state index contributed by atoms with van der Waals surface area (Å²) in [4.78, 5) is 48.8. The van der Waals surface area contributed by atoms with Gasteiger partial charge in [-0.05, 0) is 30.9 Å². The second-order valence-electron chi connectivity index (χ2n) is 9.57. The van der Waals surface area contributed by atoms with Crippen LogP contribution in [0.25, 0.3) is 5.57 Å². The molecule has 2 aliphatic heterocycles. The van der Waals surface area contributed by atoms with Gasteiger partial charge in [-0.2, -0.15) is 0 Å². The largest absolute Gasteiger partial charge is 0.458 e. The molecule has 39 heavy (non-hydrogen) atoms. The minimum absolute atomic E-state index is 0.0565. The third-order valence-corrected chi connectivity index (χ3v) is 8.98. The molecule has 1 atom stereocenters. The second-order valence-corrected chi connectivity index (χ2v) is 11.5. The summed E-state index contributed by atoms with van der Waals surface area (Å²) in [5, 5.41) is 1.91. The fraction of sp³-hybridized carbons (Fsp3) is 0.333. The summed E-state index contributed by atoms with van der Waals surface area (Å²) in [6, 6.07) is 10.7. The summed E-state index contributed by atoms with van der Waals surface area (Å²) in [5.74, 6) is -0.699. The lowest BCUT2D eigenvalue weighted by Gasteiger charge is -2.23. The molecule has 9 heteroatoms. The quantitative estimate of drug-likeness (QED) is 0.204. The average molecular weight is 562 g/mol. The predicted molar refractivity (Wildman–Crippen MR) is 156 cm³/mol. The molecule has 0 spiro atoms. The Kier molecular flexibility index (Phi) is 8.09. The van der Waals surface area contributed by atoms with E-state index in [0.29, 0.717) is 32.7 Å². The van der Waals surface area contributed by atoms with Crippen LogP contribution in [0.5, 0.6) is 0 Å². The highest BCUT2D eigenvalue weighted by molar-refractivity contribution is 7.10. The number of unbranched alkanes of at least 4 members (excludes halogenated alkanes) is 4. The summed E-state index contributed by atoms with van der Waals surface area (Å²) in [6.07, 6.45) is 6.96. The van der Waals surface area contributed by atoms with Gasteiger partial charge in [0.15, 0.2) is 4.80 Å². The van der Waals surface area contributed by atoms with Gasteiger partial charge in [-0.15, -0.1) is 11.3 Å². The van der Waals surface area contributed by atoms with E-state index in [1.54, 1.807) is 16.4 Å². The van der Waals surface area contributed by atoms with E-state index in [-0.39, 0.29) is 18.1 Å². The number of amides is 1. The van der Waals surface area contributed by atoms with E-state index in [4.69, 9.17) is 4.74 Å². The highest BCUT2D eigenvalue weighted by Crippen LogP contribution is 2.36. The topological polar surface area (TPSA) is 81.0 Å². The Morgan fingerprint density at radius 3 is 2.67 bits per heavy atom. The van der Waals surface area contributed by atoms with Crippen molar-refractivity contribution in [3.8, 4) is 0 Å². The zero-order chi connectivity index (χ0) is 27.5. The van der Waals surface area contributed by atoms with Gasteiger partial charge in [-0.1, -0.05) is 80.9 Å². The predicted octanol–water partition coefficient (Wildman–Crippen LogP) is 4.71. The SMILES string of the molecule is C=CCOC(=O)C1=C(C)N=c2sc(=C3C(=O)N(CCCCCCC)c4ccccc43)c(=O)n2C1c1cccs1. The smallest absolute Gasteiger partial charge is 0.338 e. The van der Waals surface area contributed by atoms with Gasteiger partial charge in [0.1, 0.15) is 17.2 Å². The van der Waals surface area contributed by atoms with E-state index in [1.165, 1.54) is 35.2 Å². The van der Waals surface area contributed by atoms with Gasteiger partial charge < -0.3 is 9.64 Å². The molecule has 7 nitrogen and oxygen atoms in total. The van der Waals surface area contributed by atoms with E-state index in [9.17, 15) is 14.4 Å².